The highest BCUT2D eigenvalue weighted by atomic mass is 79.9. The fourth-order valence-corrected chi connectivity index (χ4v) is 2.15. The zero-order valence-corrected chi connectivity index (χ0v) is 13.0. The Morgan fingerprint density at radius 2 is 2.06 bits per heavy atom. The summed E-state index contributed by atoms with van der Waals surface area (Å²) >= 11 is 9.53. The van der Waals surface area contributed by atoms with Gasteiger partial charge in [0, 0.05) is 21.6 Å². The van der Waals surface area contributed by atoms with Crippen LogP contribution in [0.25, 0.3) is 0 Å². The second-order valence-corrected chi connectivity index (χ2v) is 6.48. The molecule has 0 aliphatic rings. The van der Waals surface area contributed by atoms with Gasteiger partial charge in [0.15, 0.2) is 0 Å². The van der Waals surface area contributed by atoms with Crippen LogP contribution in [0.4, 0.5) is 0 Å². The van der Waals surface area contributed by atoms with Gasteiger partial charge >= 0.3 is 5.97 Å². The van der Waals surface area contributed by atoms with E-state index in [0.717, 1.165) is 10.0 Å². The van der Waals surface area contributed by atoms with Crippen molar-refractivity contribution in [2.24, 2.45) is 0 Å². The summed E-state index contributed by atoms with van der Waals surface area (Å²) in [5.74, 6) is -0.837. The number of hydrogen-bond donors (Lipinski definition) is 1. The number of carboxylic acids is 1. The fourth-order valence-electron chi connectivity index (χ4n) is 1.56. The molecule has 0 aliphatic heterocycles. The number of aliphatic carboxylic acids is 1. The molecule has 0 saturated carbocycles. The predicted octanol–water partition coefficient (Wildman–Crippen LogP) is 3.79. The Morgan fingerprint density at radius 1 is 1.44 bits per heavy atom. The summed E-state index contributed by atoms with van der Waals surface area (Å²) in [5.41, 5.74) is 0.687. The zero-order chi connectivity index (χ0) is 13.9. The van der Waals surface area contributed by atoms with Gasteiger partial charge in [-0.3, -0.25) is 9.69 Å². The zero-order valence-electron chi connectivity index (χ0n) is 10.7. The summed E-state index contributed by atoms with van der Waals surface area (Å²) in [5, 5.41) is 9.62. The first-order chi connectivity index (χ1) is 8.20. The summed E-state index contributed by atoms with van der Waals surface area (Å²) in [6, 6.07) is 5.59. The van der Waals surface area contributed by atoms with Gasteiger partial charge in [-0.05, 0) is 44.5 Å². The summed E-state index contributed by atoms with van der Waals surface area (Å²) in [6.07, 6.45) is 0. The van der Waals surface area contributed by atoms with Gasteiger partial charge in [-0.25, -0.2) is 0 Å². The van der Waals surface area contributed by atoms with Gasteiger partial charge in [0.1, 0.15) is 0 Å². The van der Waals surface area contributed by atoms with Crippen molar-refractivity contribution in [1.82, 2.24) is 4.90 Å². The van der Waals surface area contributed by atoms with Gasteiger partial charge in [0.25, 0.3) is 0 Å². The van der Waals surface area contributed by atoms with Crippen molar-refractivity contribution in [3.63, 3.8) is 0 Å². The van der Waals surface area contributed by atoms with Crippen molar-refractivity contribution >= 4 is 33.5 Å². The molecule has 0 fully saturated rings. The third kappa shape index (κ3) is 4.59. The first-order valence-corrected chi connectivity index (χ1v) is 6.78. The molecule has 0 saturated heterocycles. The van der Waals surface area contributed by atoms with Gasteiger partial charge in [-0.2, -0.15) is 0 Å². The summed E-state index contributed by atoms with van der Waals surface area (Å²) in [4.78, 5) is 12.8. The maximum absolute atomic E-state index is 10.9. The second-order valence-electron chi connectivity index (χ2n) is 5.16. The number of carboxylic acid groups (broad SMARTS) is 1. The molecular formula is C13H17BrClNO2. The van der Waals surface area contributed by atoms with E-state index in [4.69, 9.17) is 16.7 Å². The van der Waals surface area contributed by atoms with Crippen LogP contribution in [0.15, 0.2) is 22.7 Å². The maximum atomic E-state index is 10.9. The standard InChI is InChI=1S/C13H17BrClNO2/c1-13(2,3)16(8-12(17)18)7-9-6-10(14)4-5-11(9)15/h4-6H,7-8H2,1-3H3,(H,17,18). The Balaban J connectivity index is 2.96. The predicted molar refractivity (Wildman–Crippen MR) is 77.0 cm³/mol. The molecule has 1 aromatic carbocycles. The van der Waals surface area contributed by atoms with Crippen LogP contribution in [0, 0.1) is 0 Å². The van der Waals surface area contributed by atoms with E-state index in [-0.39, 0.29) is 12.1 Å². The van der Waals surface area contributed by atoms with Gasteiger partial charge in [0.05, 0.1) is 6.54 Å². The number of hydrogen-bond acceptors (Lipinski definition) is 2. The average Bonchev–Trinajstić information content (AvgIpc) is 2.20. The lowest BCUT2D eigenvalue weighted by Gasteiger charge is -2.34. The molecule has 1 aromatic rings. The largest absolute Gasteiger partial charge is 0.480 e. The van der Waals surface area contributed by atoms with Crippen molar-refractivity contribution in [2.75, 3.05) is 6.54 Å². The first kappa shape index (κ1) is 15.5. The van der Waals surface area contributed by atoms with Crippen molar-refractivity contribution < 1.29 is 9.90 Å². The third-order valence-corrected chi connectivity index (χ3v) is 3.51. The van der Waals surface area contributed by atoms with E-state index in [1.54, 1.807) is 0 Å². The number of halogens is 2. The van der Waals surface area contributed by atoms with Crippen LogP contribution < -0.4 is 0 Å². The summed E-state index contributed by atoms with van der Waals surface area (Å²) in [7, 11) is 0. The van der Waals surface area contributed by atoms with Crippen LogP contribution in [-0.2, 0) is 11.3 Å². The van der Waals surface area contributed by atoms with E-state index < -0.39 is 5.97 Å². The molecule has 1 rings (SSSR count). The van der Waals surface area contributed by atoms with Crippen LogP contribution in [0.2, 0.25) is 5.02 Å². The van der Waals surface area contributed by atoms with Crippen molar-refractivity contribution in [2.45, 2.75) is 32.9 Å². The number of rotatable bonds is 4. The van der Waals surface area contributed by atoms with E-state index in [2.05, 4.69) is 15.9 Å². The van der Waals surface area contributed by atoms with Crippen LogP contribution in [0.5, 0.6) is 0 Å². The molecule has 18 heavy (non-hydrogen) atoms. The van der Waals surface area contributed by atoms with Crippen LogP contribution in [0.3, 0.4) is 0 Å². The SMILES string of the molecule is CC(C)(C)N(CC(=O)O)Cc1cc(Br)ccc1Cl. The molecule has 0 bridgehead atoms. The van der Waals surface area contributed by atoms with Crippen LogP contribution >= 0.6 is 27.5 Å². The molecule has 100 valence electrons. The molecule has 1 N–H and O–H groups in total. The lowest BCUT2D eigenvalue weighted by molar-refractivity contribution is -0.139. The van der Waals surface area contributed by atoms with Gasteiger partial charge in [-0.1, -0.05) is 27.5 Å². The lowest BCUT2D eigenvalue weighted by atomic mass is 10.0. The van der Waals surface area contributed by atoms with E-state index in [0.29, 0.717) is 11.6 Å². The topological polar surface area (TPSA) is 40.5 Å². The molecular weight excluding hydrogens is 318 g/mol. The minimum atomic E-state index is -0.837. The highest BCUT2D eigenvalue weighted by Gasteiger charge is 2.24. The smallest absolute Gasteiger partial charge is 0.317 e. The Morgan fingerprint density at radius 3 is 2.56 bits per heavy atom. The van der Waals surface area contributed by atoms with Gasteiger partial charge in [0.2, 0.25) is 0 Å². The van der Waals surface area contributed by atoms with Crippen molar-refractivity contribution in [3.8, 4) is 0 Å². The average molecular weight is 335 g/mol. The molecule has 0 amide bonds. The van der Waals surface area contributed by atoms with Crippen LogP contribution in [0.1, 0.15) is 26.3 Å². The molecule has 0 heterocycles. The molecule has 5 heteroatoms. The van der Waals surface area contributed by atoms with Crippen LogP contribution in [-0.4, -0.2) is 28.1 Å². The highest BCUT2D eigenvalue weighted by molar-refractivity contribution is 9.10. The molecule has 0 unspecified atom stereocenters. The number of carbonyl (C=O) groups is 1. The molecule has 0 aromatic heterocycles. The Bertz CT molecular complexity index is 443. The van der Waals surface area contributed by atoms with Crippen molar-refractivity contribution in [3.05, 3.63) is 33.3 Å². The second kappa shape index (κ2) is 6.04. The molecule has 0 atom stereocenters. The van der Waals surface area contributed by atoms with Gasteiger partial charge in [-0.15, -0.1) is 0 Å². The molecule has 0 spiro atoms. The lowest BCUT2D eigenvalue weighted by Crippen LogP contribution is -2.43. The number of benzene rings is 1. The quantitative estimate of drug-likeness (QED) is 0.911. The normalized spacial score (nSPS) is 11.9. The minimum Gasteiger partial charge on any atom is -0.480 e. The van der Waals surface area contributed by atoms with E-state index in [9.17, 15) is 4.79 Å². The Labute approximate surface area is 121 Å². The van der Waals surface area contributed by atoms with E-state index in [1.807, 2.05) is 43.9 Å². The van der Waals surface area contributed by atoms with Gasteiger partial charge < -0.3 is 5.11 Å². The molecule has 0 radical (unpaired) electrons. The Hall–Kier alpha value is -0.580. The minimum absolute atomic E-state index is 0.00760. The Kier molecular flexibility index (Phi) is 5.20. The summed E-state index contributed by atoms with van der Waals surface area (Å²) < 4.78 is 0.936. The maximum Gasteiger partial charge on any atom is 0.317 e. The first-order valence-electron chi connectivity index (χ1n) is 5.61. The highest BCUT2D eigenvalue weighted by Crippen LogP contribution is 2.25. The van der Waals surface area contributed by atoms with E-state index in [1.165, 1.54) is 0 Å². The summed E-state index contributed by atoms with van der Waals surface area (Å²) in [6.45, 7) is 6.46. The fraction of sp³-hybridized carbons (Fsp3) is 0.462. The molecule has 3 nitrogen and oxygen atoms in total. The third-order valence-electron chi connectivity index (χ3n) is 2.64. The van der Waals surface area contributed by atoms with Crippen molar-refractivity contribution in [1.29, 1.82) is 0 Å². The monoisotopic (exact) mass is 333 g/mol. The van der Waals surface area contributed by atoms with E-state index >= 15 is 0 Å². The number of nitrogens with zero attached hydrogens (tertiary/aromatic N) is 1. The molecule has 0 aliphatic carbocycles.